The smallest absolute Gasteiger partial charge is 0.493 e. The molecule has 2 aromatic carbocycles. The third-order valence-corrected chi connectivity index (χ3v) is 3.81. The van der Waals surface area contributed by atoms with Gasteiger partial charge in [-0.1, -0.05) is 29.8 Å². The van der Waals surface area contributed by atoms with Crippen LogP contribution in [-0.4, -0.2) is 30.3 Å². The first-order valence-corrected chi connectivity index (χ1v) is 8.42. The molecular formula is C18H17ClF3N3O4. The van der Waals surface area contributed by atoms with Crippen LogP contribution >= 0.6 is 11.6 Å². The van der Waals surface area contributed by atoms with E-state index in [9.17, 15) is 18.0 Å². The maximum Gasteiger partial charge on any atom is 0.493 e. The van der Waals surface area contributed by atoms with E-state index in [0.717, 1.165) is 5.56 Å². The van der Waals surface area contributed by atoms with Crippen LogP contribution in [-0.2, 0) is 22.8 Å². The van der Waals surface area contributed by atoms with Crippen molar-refractivity contribution in [3.8, 4) is 11.5 Å². The van der Waals surface area contributed by atoms with Gasteiger partial charge in [0.25, 0.3) is 0 Å². The molecule has 11 heteroatoms. The van der Waals surface area contributed by atoms with E-state index in [1.807, 2.05) is 0 Å². The van der Waals surface area contributed by atoms with E-state index in [1.54, 1.807) is 24.3 Å². The molecule has 0 bridgehead atoms. The van der Waals surface area contributed by atoms with E-state index in [0.29, 0.717) is 27.1 Å². The number of hydrogen-bond acceptors (Lipinski definition) is 5. The van der Waals surface area contributed by atoms with Gasteiger partial charge < -0.3 is 20.0 Å². The van der Waals surface area contributed by atoms with E-state index in [4.69, 9.17) is 32.2 Å². The van der Waals surface area contributed by atoms with Gasteiger partial charge >= 0.3 is 12.1 Å². The van der Waals surface area contributed by atoms with Crippen LogP contribution in [0.25, 0.3) is 0 Å². The molecule has 0 atom stereocenters. The Labute approximate surface area is 169 Å². The van der Waals surface area contributed by atoms with Crippen molar-refractivity contribution >= 4 is 23.5 Å². The lowest BCUT2D eigenvalue weighted by molar-refractivity contribution is -0.227. The summed E-state index contributed by atoms with van der Waals surface area (Å²) in [5, 5.41) is 8.23. The second-order valence-corrected chi connectivity index (χ2v) is 6.14. The Hall–Kier alpha value is -3.14. The van der Waals surface area contributed by atoms with E-state index in [1.165, 1.54) is 25.3 Å². The van der Waals surface area contributed by atoms with Gasteiger partial charge in [0, 0.05) is 5.02 Å². The zero-order valence-corrected chi connectivity index (χ0v) is 15.9. The number of nitrogens with one attached hydrogen (secondary N) is 1. The fraction of sp³-hybridized carbons (Fsp3) is 0.222. The molecule has 0 aliphatic carbocycles. The van der Waals surface area contributed by atoms with Crippen molar-refractivity contribution in [3.05, 3.63) is 58.6 Å². The normalized spacial score (nSPS) is 10.9. The van der Waals surface area contributed by atoms with Crippen molar-refractivity contribution in [2.45, 2.75) is 19.3 Å². The van der Waals surface area contributed by atoms with Crippen LogP contribution in [0, 0.1) is 5.41 Å². The monoisotopic (exact) mass is 431 g/mol. The zero-order chi connectivity index (χ0) is 21.6. The predicted octanol–water partition coefficient (Wildman–Crippen LogP) is 3.64. The molecule has 0 heterocycles. The Bertz CT molecular complexity index is 876. The van der Waals surface area contributed by atoms with Gasteiger partial charge in [-0.05, 0) is 35.4 Å². The molecule has 0 amide bonds. The van der Waals surface area contributed by atoms with Gasteiger partial charge in [-0.15, -0.1) is 0 Å². The minimum Gasteiger partial charge on any atom is -0.493 e. The van der Waals surface area contributed by atoms with E-state index >= 15 is 0 Å². The maximum atomic E-state index is 12.4. The molecule has 156 valence electrons. The average molecular weight is 432 g/mol. The van der Waals surface area contributed by atoms with Gasteiger partial charge in [0.15, 0.2) is 11.5 Å². The predicted molar refractivity (Wildman–Crippen MR) is 98.4 cm³/mol. The largest absolute Gasteiger partial charge is 0.493 e. The average Bonchev–Trinajstić information content (AvgIpc) is 2.66. The summed E-state index contributed by atoms with van der Waals surface area (Å²) in [5.74, 6) is -2.68. The topological polar surface area (TPSA) is 97.9 Å². The maximum absolute atomic E-state index is 12.4. The third kappa shape index (κ3) is 6.46. The molecule has 0 saturated heterocycles. The van der Waals surface area contributed by atoms with Crippen molar-refractivity contribution in [1.82, 2.24) is 5.06 Å². The summed E-state index contributed by atoms with van der Waals surface area (Å²) in [6, 6.07) is 11.5. The lowest BCUT2D eigenvalue weighted by Crippen LogP contribution is -2.41. The number of carbonyl (C=O) groups excluding carboxylic acids is 1. The summed E-state index contributed by atoms with van der Waals surface area (Å²) < 4.78 is 48.1. The summed E-state index contributed by atoms with van der Waals surface area (Å²) in [6.07, 6.45) is -5.22. The number of hydrogen-bond donors (Lipinski definition) is 2. The molecule has 3 N–H and O–H groups in total. The Morgan fingerprint density at radius 2 is 1.76 bits per heavy atom. The highest BCUT2D eigenvalue weighted by Gasteiger charge is 2.43. The zero-order valence-electron chi connectivity index (χ0n) is 15.1. The molecule has 7 nitrogen and oxygen atoms in total. The van der Waals surface area contributed by atoms with E-state index < -0.39 is 24.6 Å². The van der Waals surface area contributed by atoms with Crippen LogP contribution < -0.4 is 15.2 Å². The second kappa shape index (κ2) is 9.37. The van der Waals surface area contributed by atoms with Crippen molar-refractivity contribution in [2.75, 3.05) is 7.11 Å². The number of hydroxylamine groups is 2. The number of benzene rings is 2. The fourth-order valence-corrected chi connectivity index (χ4v) is 2.28. The molecule has 0 aliphatic heterocycles. The van der Waals surface area contributed by atoms with E-state index in [-0.39, 0.29) is 6.61 Å². The number of guanidine groups is 1. The molecule has 0 fully saturated rings. The quantitative estimate of drug-likeness (QED) is 0.411. The van der Waals surface area contributed by atoms with Crippen molar-refractivity contribution < 1.29 is 32.3 Å². The summed E-state index contributed by atoms with van der Waals surface area (Å²) in [4.78, 5) is 15.2. The number of methoxy groups -OCH3 is 1. The van der Waals surface area contributed by atoms with Crippen LogP contribution in [0.4, 0.5) is 13.2 Å². The molecule has 2 rings (SSSR count). The minimum absolute atomic E-state index is 0.177. The summed E-state index contributed by atoms with van der Waals surface area (Å²) >= 11 is 5.84. The first kappa shape index (κ1) is 22.2. The van der Waals surface area contributed by atoms with Gasteiger partial charge in [-0.3, -0.25) is 5.41 Å². The van der Waals surface area contributed by atoms with Crippen molar-refractivity contribution in [2.24, 2.45) is 5.73 Å². The highest BCUT2D eigenvalue weighted by Crippen LogP contribution is 2.30. The SMILES string of the molecule is COc1ccc(CN(OC(=O)C(F)(F)F)C(=N)N)cc1OCc1ccc(Cl)cc1. The van der Waals surface area contributed by atoms with Crippen molar-refractivity contribution in [3.63, 3.8) is 0 Å². The van der Waals surface area contributed by atoms with Crippen LogP contribution in [0.3, 0.4) is 0 Å². The third-order valence-electron chi connectivity index (χ3n) is 3.56. The number of nitrogens with zero attached hydrogens (tertiary/aromatic N) is 1. The Morgan fingerprint density at radius 3 is 2.31 bits per heavy atom. The highest BCUT2D eigenvalue weighted by atomic mass is 35.5. The van der Waals surface area contributed by atoms with Crippen LogP contribution in [0.2, 0.25) is 5.02 Å². The molecule has 2 aromatic rings. The Balaban J connectivity index is 2.15. The number of ether oxygens (including phenoxy) is 2. The summed E-state index contributed by atoms with van der Waals surface area (Å²) in [5.41, 5.74) is 6.40. The lowest BCUT2D eigenvalue weighted by atomic mass is 10.2. The highest BCUT2D eigenvalue weighted by molar-refractivity contribution is 6.30. The number of alkyl halides is 3. The Kier molecular flexibility index (Phi) is 7.16. The lowest BCUT2D eigenvalue weighted by Gasteiger charge is -2.22. The second-order valence-electron chi connectivity index (χ2n) is 5.70. The number of rotatable bonds is 6. The molecule has 0 aliphatic rings. The number of carbonyl (C=O) groups is 1. The van der Waals surface area contributed by atoms with Crippen molar-refractivity contribution in [1.29, 1.82) is 5.41 Å². The van der Waals surface area contributed by atoms with Gasteiger partial charge in [-0.25, -0.2) is 4.79 Å². The molecule has 0 saturated carbocycles. The molecule has 0 aromatic heterocycles. The fourth-order valence-electron chi connectivity index (χ4n) is 2.16. The molecule has 0 unspecified atom stereocenters. The molecule has 0 radical (unpaired) electrons. The van der Waals surface area contributed by atoms with Gasteiger partial charge in [0.1, 0.15) is 6.61 Å². The Morgan fingerprint density at radius 1 is 1.14 bits per heavy atom. The van der Waals surface area contributed by atoms with Gasteiger partial charge in [-0.2, -0.15) is 18.2 Å². The minimum atomic E-state index is -5.22. The molecular weight excluding hydrogens is 415 g/mol. The summed E-state index contributed by atoms with van der Waals surface area (Å²) in [7, 11) is 1.43. The van der Waals surface area contributed by atoms with Gasteiger partial charge in [0.2, 0.25) is 5.96 Å². The standard InChI is InChI=1S/C18H17ClF3N3O4/c1-27-14-7-4-12(9-25(17(23)24)29-16(26)18(20,21)22)8-15(14)28-10-11-2-5-13(19)6-3-11/h2-8H,9-10H2,1H3,(H3,23,24). The van der Waals surface area contributed by atoms with Gasteiger partial charge in [0.05, 0.1) is 13.7 Å². The van der Waals surface area contributed by atoms with E-state index in [2.05, 4.69) is 4.84 Å². The summed E-state index contributed by atoms with van der Waals surface area (Å²) in [6.45, 7) is -0.227. The molecule has 29 heavy (non-hydrogen) atoms. The molecule has 0 spiro atoms. The first-order valence-electron chi connectivity index (χ1n) is 8.05. The van der Waals surface area contributed by atoms with Crippen LogP contribution in [0.1, 0.15) is 11.1 Å². The number of halogens is 4. The first-order chi connectivity index (χ1) is 13.6. The number of nitrogens with two attached hydrogens (primary N) is 1. The van der Waals surface area contributed by atoms with Crippen LogP contribution in [0.15, 0.2) is 42.5 Å². The van der Waals surface area contributed by atoms with Crippen LogP contribution in [0.5, 0.6) is 11.5 Å².